The van der Waals surface area contributed by atoms with E-state index in [0.717, 1.165) is 42.6 Å². The highest BCUT2D eigenvalue weighted by molar-refractivity contribution is 6.75. The largest absolute Gasteiger partial charge is 0.457 e. The van der Waals surface area contributed by atoms with Gasteiger partial charge in [0.25, 0.3) is 0 Å². The number of aliphatic hydroxyl groups excluding tert-OH is 1. The van der Waals surface area contributed by atoms with Crippen molar-refractivity contribution in [2.45, 2.75) is 207 Å². The zero-order chi connectivity index (χ0) is 38.7. The van der Waals surface area contributed by atoms with Gasteiger partial charge in [-0.15, -0.1) is 0 Å². The van der Waals surface area contributed by atoms with E-state index in [0.29, 0.717) is 23.9 Å². The summed E-state index contributed by atoms with van der Waals surface area (Å²) in [6.07, 6.45) is 11.5. The molecule has 1 fully saturated rings. The predicted octanol–water partition coefficient (Wildman–Crippen LogP) is 10.3. The number of ether oxygens (including phenoxy) is 2. The second-order valence-corrected chi connectivity index (χ2v) is 26.8. The first kappa shape index (κ1) is 46.1. The number of esters is 1. The van der Waals surface area contributed by atoms with Crippen molar-refractivity contribution in [3.63, 3.8) is 0 Å². The molecule has 10 unspecified atom stereocenters. The monoisotopic (exact) mass is 751 g/mol. The van der Waals surface area contributed by atoms with Crippen molar-refractivity contribution in [2.75, 3.05) is 0 Å². The topological polar surface area (TPSA) is 97.8 Å². The lowest BCUT2D eigenvalue weighted by Crippen LogP contribution is -2.46. The van der Waals surface area contributed by atoms with Gasteiger partial charge < -0.3 is 28.5 Å². The summed E-state index contributed by atoms with van der Waals surface area (Å²) in [5, 5.41) is 22.3. The highest BCUT2D eigenvalue weighted by Gasteiger charge is 2.49. The SMILES string of the molecule is CCC(O[Si](CC)(CC)C(C)C)C(C)C1OC1CC(C)(O)C=CC=C(C)C1OC(=O)CC(O[Si](CC)(CC)C(C)C)CCC(C)C(O)C=CC1C. The molecule has 10 atom stereocenters. The van der Waals surface area contributed by atoms with Crippen LogP contribution in [0.3, 0.4) is 0 Å². The van der Waals surface area contributed by atoms with Crippen LogP contribution < -0.4 is 0 Å². The molecular weight excluding hydrogens is 673 g/mol. The van der Waals surface area contributed by atoms with Crippen LogP contribution in [-0.2, 0) is 23.1 Å². The number of carbonyl (C=O) groups excluding carboxylic acids is 1. The third-order valence-electron chi connectivity index (χ3n) is 12.6. The average Bonchev–Trinajstić information content (AvgIpc) is 3.84. The summed E-state index contributed by atoms with van der Waals surface area (Å²) < 4.78 is 26.2. The average molecular weight is 751 g/mol. The molecule has 2 heterocycles. The van der Waals surface area contributed by atoms with Gasteiger partial charge >= 0.3 is 5.97 Å². The molecular formula is C42H78O7Si2. The Kier molecular flexibility index (Phi) is 18.6. The number of aliphatic hydroxyl groups is 2. The fourth-order valence-corrected chi connectivity index (χ4v) is 15.6. The first-order valence-corrected chi connectivity index (χ1v) is 25.3. The van der Waals surface area contributed by atoms with E-state index in [1.807, 2.05) is 51.2 Å². The number of cyclic esters (lactones) is 1. The summed E-state index contributed by atoms with van der Waals surface area (Å²) in [5.41, 5.74) is 0.824. The van der Waals surface area contributed by atoms with E-state index in [1.54, 1.807) is 0 Å². The molecule has 2 aliphatic rings. The number of carbonyl (C=O) groups is 1. The minimum atomic E-state index is -2.04. The Bertz CT molecular complexity index is 1140. The maximum absolute atomic E-state index is 13.5. The summed E-state index contributed by atoms with van der Waals surface area (Å²) in [6, 6.07) is 4.25. The quantitative estimate of drug-likeness (QED) is 0.0473. The molecule has 0 aliphatic carbocycles. The molecule has 0 aromatic rings. The molecule has 7 nitrogen and oxygen atoms in total. The Hall–Kier alpha value is -1.08. The molecule has 51 heavy (non-hydrogen) atoms. The van der Waals surface area contributed by atoms with Gasteiger partial charge in [-0.25, -0.2) is 0 Å². The smallest absolute Gasteiger partial charge is 0.308 e. The van der Waals surface area contributed by atoms with E-state index in [9.17, 15) is 15.0 Å². The van der Waals surface area contributed by atoms with Crippen LogP contribution in [0.1, 0.15) is 129 Å². The molecule has 0 spiro atoms. The maximum Gasteiger partial charge on any atom is 0.308 e. The second kappa shape index (κ2) is 20.6. The Morgan fingerprint density at radius 3 is 2.10 bits per heavy atom. The molecule has 2 aliphatic heterocycles. The van der Waals surface area contributed by atoms with E-state index in [2.05, 4.69) is 76.2 Å². The summed E-state index contributed by atoms with van der Waals surface area (Å²) in [7, 11) is -3.87. The number of allylic oxidation sites excluding steroid dienone is 2. The zero-order valence-corrected chi connectivity index (χ0v) is 37.0. The lowest BCUT2D eigenvalue weighted by molar-refractivity contribution is -0.151. The van der Waals surface area contributed by atoms with E-state index in [1.165, 1.54) is 0 Å². The molecule has 0 radical (unpaired) electrons. The Labute approximate surface area is 315 Å². The molecule has 0 aromatic heterocycles. The second-order valence-electron chi connectivity index (χ2n) is 16.9. The van der Waals surface area contributed by atoms with Gasteiger partial charge in [0, 0.05) is 24.4 Å². The van der Waals surface area contributed by atoms with Gasteiger partial charge in [-0.05, 0) is 79.9 Å². The van der Waals surface area contributed by atoms with E-state index < -0.39 is 34.4 Å². The first-order chi connectivity index (χ1) is 23.8. The molecule has 9 heteroatoms. The predicted molar refractivity (Wildman–Crippen MR) is 217 cm³/mol. The van der Waals surface area contributed by atoms with Crippen LogP contribution in [-0.4, -0.2) is 75.0 Å². The summed E-state index contributed by atoms with van der Waals surface area (Å²) in [4.78, 5) is 13.5. The van der Waals surface area contributed by atoms with Gasteiger partial charge in [0.15, 0.2) is 16.6 Å². The van der Waals surface area contributed by atoms with Gasteiger partial charge in [0.05, 0.1) is 36.4 Å². The number of rotatable bonds is 18. The van der Waals surface area contributed by atoms with Gasteiger partial charge in [0.1, 0.15) is 6.10 Å². The fraction of sp³-hybridized carbons (Fsp3) is 0.833. The van der Waals surface area contributed by atoms with Crippen molar-refractivity contribution < 1.29 is 33.3 Å². The van der Waals surface area contributed by atoms with Gasteiger partial charge in [-0.2, -0.15) is 0 Å². The lowest BCUT2D eigenvalue weighted by atomic mass is 9.91. The summed E-state index contributed by atoms with van der Waals surface area (Å²) in [5.74, 6) is -0.0946. The van der Waals surface area contributed by atoms with Crippen LogP contribution >= 0.6 is 0 Å². The highest BCUT2D eigenvalue weighted by Crippen LogP contribution is 2.41. The van der Waals surface area contributed by atoms with Crippen molar-refractivity contribution in [2.24, 2.45) is 17.8 Å². The molecule has 0 amide bonds. The van der Waals surface area contributed by atoms with Crippen molar-refractivity contribution in [1.82, 2.24) is 0 Å². The molecule has 1 saturated heterocycles. The Morgan fingerprint density at radius 2 is 1.57 bits per heavy atom. The van der Waals surface area contributed by atoms with Crippen molar-refractivity contribution in [3.05, 3.63) is 36.0 Å². The standard InChI is InChI=1S/C42H78O7Si2/c1-15-37(49-51(18-4,19-5)30(8)9)34(13)41-38(46-41)28-42(14,45)26-20-21-32(11)40-33(12)23-25-36(43)31(10)22-24-35(27-39(44)47-40)48-50(16-2,17-3)29(6)7/h20-21,23,25-26,29-31,33-38,40-41,43,45H,15-19,22,24,27-28H2,1-14H3. The van der Waals surface area contributed by atoms with E-state index >= 15 is 0 Å². The number of epoxide rings is 1. The molecule has 0 bridgehead atoms. The van der Waals surface area contributed by atoms with Crippen LogP contribution in [0.2, 0.25) is 35.3 Å². The van der Waals surface area contributed by atoms with Gasteiger partial charge in [0.2, 0.25) is 0 Å². The number of hydrogen-bond acceptors (Lipinski definition) is 7. The van der Waals surface area contributed by atoms with Crippen molar-refractivity contribution in [3.8, 4) is 0 Å². The van der Waals surface area contributed by atoms with Crippen LogP contribution in [0, 0.1) is 17.8 Å². The fourth-order valence-electron chi connectivity index (χ4n) is 8.30. The minimum Gasteiger partial charge on any atom is -0.457 e. The third kappa shape index (κ3) is 13.0. The molecule has 296 valence electrons. The van der Waals surface area contributed by atoms with Crippen LogP contribution in [0.5, 0.6) is 0 Å². The Balaban J connectivity index is 2.18. The molecule has 2 rings (SSSR count). The first-order valence-electron chi connectivity index (χ1n) is 20.5. The highest BCUT2D eigenvalue weighted by atomic mass is 28.4. The van der Waals surface area contributed by atoms with Gasteiger partial charge in [-0.3, -0.25) is 4.79 Å². The van der Waals surface area contributed by atoms with Crippen LogP contribution in [0.25, 0.3) is 0 Å². The molecule has 0 saturated carbocycles. The minimum absolute atomic E-state index is 0.0138. The van der Waals surface area contributed by atoms with E-state index in [-0.39, 0.29) is 54.6 Å². The Morgan fingerprint density at radius 1 is 0.980 bits per heavy atom. The lowest BCUT2D eigenvalue weighted by Gasteiger charge is -2.39. The van der Waals surface area contributed by atoms with E-state index in [4.69, 9.17) is 18.3 Å². The molecule has 2 N–H and O–H groups in total. The van der Waals surface area contributed by atoms with Crippen molar-refractivity contribution in [1.29, 1.82) is 0 Å². The van der Waals surface area contributed by atoms with Crippen LogP contribution in [0.15, 0.2) is 36.0 Å². The third-order valence-corrected chi connectivity index (χ3v) is 23.1. The summed E-state index contributed by atoms with van der Waals surface area (Å²) >= 11 is 0. The zero-order valence-electron chi connectivity index (χ0n) is 35.0. The van der Waals surface area contributed by atoms with Crippen molar-refractivity contribution >= 4 is 22.6 Å². The maximum atomic E-state index is 13.5. The van der Waals surface area contributed by atoms with Gasteiger partial charge in [-0.1, -0.05) is 113 Å². The summed E-state index contributed by atoms with van der Waals surface area (Å²) in [6.45, 7) is 30.4. The number of hydrogen-bond donors (Lipinski definition) is 2. The normalized spacial score (nSPS) is 29.8. The van der Waals surface area contributed by atoms with Crippen LogP contribution in [0.4, 0.5) is 0 Å². The molecule has 0 aromatic carbocycles.